The van der Waals surface area contributed by atoms with Gasteiger partial charge in [0.05, 0.1) is 7.11 Å². The van der Waals surface area contributed by atoms with E-state index < -0.39 is 5.97 Å². The summed E-state index contributed by atoms with van der Waals surface area (Å²) in [4.78, 5) is 10.7. The third-order valence-electron chi connectivity index (χ3n) is 3.03. The highest BCUT2D eigenvalue weighted by molar-refractivity contribution is 9.10. The molecule has 0 bridgehead atoms. The van der Waals surface area contributed by atoms with Crippen molar-refractivity contribution >= 4 is 28.0 Å². The van der Waals surface area contributed by atoms with E-state index in [1.807, 2.05) is 24.3 Å². The van der Waals surface area contributed by atoms with E-state index in [1.165, 1.54) is 6.08 Å². The molecule has 2 aromatic carbocycles. The van der Waals surface area contributed by atoms with E-state index in [2.05, 4.69) is 15.9 Å². The molecule has 0 atom stereocenters. The van der Waals surface area contributed by atoms with Crippen molar-refractivity contribution in [3.8, 4) is 17.2 Å². The molecule has 0 heterocycles. The highest BCUT2D eigenvalue weighted by atomic mass is 79.9. The monoisotopic (exact) mass is 392 g/mol. The summed E-state index contributed by atoms with van der Waals surface area (Å²) in [5.74, 6) is 0.995. The number of halogens is 1. The van der Waals surface area contributed by atoms with Gasteiger partial charge in [-0.3, -0.25) is 0 Å². The second-order valence-corrected chi connectivity index (χ2v) is 5.65. The molecule has 6 heteroatoms. The predicted octanol–water partition coefficient (Wildman–Crippen LogP) is 4.01. The molecule has 2 aromatic rings. The summed E-state index contributed by atoms with van der Waals surface area (Å²) in [5, 5.41) is 8.75. The van der Waals surface area contributed by atoms with Crippen LogP contribution in [-0.4, -0.2) is 31.4 Å². The van der Waals surface area contributed by atoms with Crippen LogP contribution in [0.1, 0.15) is 5.56 Å². The average Bonchev–Trinajstić information content (AvgIpc) is 2.58. The van der Waals surface area contributed by atoms with Crippen molar-refractivity contribution in [1.82, 2.24) is 0 Å². The average molecular weight is 393 g/mol. The minimum atomic E-state index is -1.01. The zero-order valence-electron chi connectivity index (χ0n) is 13.1. The third kappa shape index (κ3) is 5.62. The van der Waals surface area contributed by atoms with Gasteiger partial charge in [-0.05, 0) is 36.4 Å². The van der Waals surface area contributed by atoms with Gasteiger partial charge in [-0.15, -0.1) is 0 Å². The van der Waals surface area contributed by atoms with Crippen molar-refractivity contribution in [3.05, 3.63) is 58.6 Å². The summed E-state index contributed by atoms with van der Waals surface area (Å²) in [6.07, 6.45) is 2.56. The maximum absolute atomic E-state index is 10.7. The number of rotatable bonds is 8. The largest absolute Gasteiger partial charge is 0.497 e. The Hall–Kier alpha value is -2.47. The molecule has 0 fully saturated rings. The summed E-state index contributed by atoms with van der Waals surface area (Å²) in [5.41, 5.74) is 0.674. The topological polar surface area (TPSA) is 65.0 Å². The van der Waals surface area contributed by atoms with Crippen molar-refractivity contribution in [2.24, 2.45) is 0 Å². The molecule has 0 aromatic heterocycles. The van der Waals surface area contributed by atoms with Crippen LogP contribution in [0.25, 0.3) is 6.08 Å². The number of carbonyl (C=O) groups is 1. The Morgan fingerprint density at radius 2 is 1.88 bits per heavy atom. The van der Waals surface area contributed by atoms with Crippen LogP contribution in [0.2, 0.25) is 0 Å². The van der Waals surface area contributed by atoms with E-state index in [1.54, 1.807) is 25.3 Å². The summed E-state index contributed by atoms with van der Waals surface area (Å²) in [6.45, 7) is 0.679. The van der Waals surface area contributed by atoms with Crippen LogP contribution >= 0.6 is 15.9 Å². The third-order valence-corrected chi connectivity index (χ3v) is 3.52. The summed E-state index contributed by atoms with van der Waals surface area (Å²) >= 11 is 3.36. The van der Waals surface area contributed by atoms with Crippen LogP contribution in [0, 0.1) is 0 Å². The van der Waals surface area contributed by atoms with Crippen molar-refractivity contribution < 1.29 is 24.1 Å². The predicted molar refractivity (Wildman–Crippen MR) is 94.8 cm³/mol. The molecule has 2 rings (SSSR count). The van der Waals surface area contributed by atoms with Crippen LogP contribution in [0.15, 0.2) is 53.0 Å². The summed E-state index contributed by atoms with van der Waals surface area (Å²) in [7, 11) is 1.60. The first kappa shape index (κ1) is 17.9. The first-order valence-electron chi connectivity index (χ1n) is 7.18. The fraction of sp³-hybridized carbons (Fsp3) is 0.167. The number of benzene rings is 2. The number of hydrogen-bond donors (Lipinski definition) is 1. The van der Waals surface area contributed by atoms with Crippen molar-refractivity contribution in [2.45, 2.75) is 0 Å². The molecule has 0 aliphatic carbocycles. The van der Waals surface area contributed by atoms with Crippen molar-refractivity contribution in [1.29, 1.82) is 0 Å². The van der Waals surface area contributed by atoms with Crippen molar-refractivity contribution in [3.63, 3.8) is 0 Å². The van der Waals surface area contributed by atoms with Crippen molar-refractivity contribution in [2.75, 3.05) is 20.3 Å². The molecule has 0 aliphatic rings. The summed E-state index contributed by atoms with van der Waals surface area (Å²) < 4.78 is 17.3. The Bertz CT molecular complexity index is 727. The second kappa shape index (κ2) is 8.98. The molecule has 0 aliphatic heterocycles. The molecule has 0 saturated carbocycles. The molecule has 0 unspecified atom stereocenters. The van der Waals surface area contributed by atoms with Gasteiger partial charge >= 0.3 is 5.97 Å². The fourth-order valence-corrected chi connectivity index (χ4v) is 2.32. The molecule has 0 radical (unpaired) electrons. The van der Waals surface area contributed by atoms with Crippen LogP contribution in [0.5, 0.6) is 17.2 Å². The van der Waals surface area contributed by atoms with Gasteiger partial charge in [0.1, 0.15) is 30.5 Å². The number of carboxylic acids is 1. The quantitative estimate of drug-likeness (QED) is 0.542. The van der Waals surface area contributed by atoms with Gasteiger partial charge < -0.3 is 19.3 Å². The van der Waals surface area contributed by atoms with Crippen LogP contribution in [0.3, 0.4) is 0 Å². The Balaban J connectivity index is 1.93. The van der Waals surface area contributed by atoms with E-state index in [9.17, 15) is 4.79 Å². The molecular weight excluding hydrogens is 376 g/mol. The number of hydrogen-bond acceptors (Lipinski definition) is 4. The normalized spacial score (nSPS) is 10.6. The molecule has 24 heavy (non-hydrogen) atoms. The smallest absolute Gasteiger partial charge is 0.328 e. The maximum Gasteiger partial charge on any atom is 0.328 e. The molecular formula is C18H17BrO5. The zero-order valence-corrected chi connectivity index (χ0v) is 14.7. The number of ether oxygens (including phenoxy) is 3. The Labute approximate surface area is 148 Å². The molecule has 126 valence electrons. The first-order chi connectivity index (χ1) is 11.6. The zero-order chi connectivity index (χ0) is 17.4. The van der Waals surface area contributed by atoms with Crippen LogP contribution in [-0.2, 0) is 4.79 Å². The van der Waals surface area contributed by atoms with E-state index in [-0.39, 0.29) is 0 Å². The minimum Gasteiger partial charge on any atom is -0.497 e. The number of carboxylic acid groups (broad SMARTS) is 1. The van der Waals surface area contributed by atoms with Gasteiger partial charge in [0.15, 0.2) is 0 Å². The number of methoxy groups -OCH3 is 1. The first-order valence-corrected chi connectivity index (χ1v) is 7.98. The van der Waals surface area contributed by atoms with Gasteiger partial charge in [0.25, 0.3) is 0 Å². The van der Waals surface area contributed by atoms with Crippen LogP contribution in [0.4, 0.5) is 0 Å². The SMILES string of the molecule is COc1cccc(OCCOc2ccc(Br)cc2C=CC(=O)O)c1. The molecule has 5 nitrogen and oxygen atoms in total. The Morgan fingerprint density at radius 1 is 1.12 bits per heavy atom. The van der Waals surface area contributed by atoms with E-state index in [0.29, 0.717) is 30.3 Å². The van der Waals surface area contributed by atoms with E-state index in [0.717, 1.165) is 16.3 Å². The molecule has 0 spiro atoms. The Kier molecular flexibility index (Phi) is 6.69. The minimum absolute atomic E-state index is 0.326. The van der Waals surface area contributed by atoms with Gasteiger partial charge in [-0.25, -0.2) is 4.79 Å². The van der Waals surface area contributed by atoms with E-state index >= 15 is 0 Å². The van der Waals surface area contributed by atoms with Gasteiger partial charge in [0, 0.05) is 22.2 Å². The highest BCUT2D eigenvalue weighted by Crippen LogP contribution is 2.25. The van der Waals surface area contributed by atoms with Gasteiger partial charge in [0.2, 0.25) is 0 Å². The lowest BCUT2D eigenvalue weighted by atomic mass is 10.2. The fourth-order valence-electron chi connectivity index (χ4n) is 1.94. The van der Waals surface area contributed by atoms with E-state index in [4.69, 9.17) is 19.3 Å². The lowest BCUT2D eigenvalue weighted by Crippen LogP contribution is -2.09. The standard InChI is InChI=1S/C18H17BrO5/c1-22-15-3-2-4-16(12-15)23-9-10-24-17-7-6-14(19)11-13(17)5-8-18(20)21/h2-8,11-12H,9-10H2,1H3,(H,20,21). The van der Waals surface area contributed by atoms with Gasteiger partial charge in [-0.2, -0.15) is 0 Å². The second-order valence-electron chi connectivity index (χ2n) is 4.73. The maximum atomic E-state index is 10.7. The molecule has 0 amide bonds. The lowest BCUT2D eigenvalue weighted by Gasteiger charge is -2.11. The van der Waals surface area contributed by atoms with Gasteiger partial charge in [-0.1, -0.05) is 22.0 Å². The Morgan fingerprint density at radius 3 is 2.62 bits per heavy atom. The highest BCUT2D eigenvalue weighted by Gasteiger charge is 2.03. The lowest BCUT2D eigenvalue weighted by molar-refractivity contribution is -0.131. The molecule has 0 saturated heterocycles. The number of aliphatic carboxylic acids is 1. The summed E-state index contributed by atoms with van der Waals surface area (Å²) in [6, 6.07) is 12.7. The molecule has 1 N–H and O–H groups in total. The van der Waals surface area contributed by atoms with Crippen LogP contribution < -0.4 is 14.2 Å².